The molecule has 2 aromatic carbocycles. The van der Waals surface area contributed by atoms with Crippen molar-refractivity contribution in [2.75, 3.05) is 25.5 Å². The standard InChI is InChI=1S/C18H23N3O5S.ClH/c1-13(26-16-8-6-15(25-2)7-9-16)18(22)21-14-4-3-5-17(12-14)27(23,24)20-11-10-19;/h3-9,12-13,20H,10-11,19H2,1-2H3,(H,21,22);1H. The summed E-state index contributed by atoms with van der Waals surface area (Å²) >= 11 is 0. The average Bonchev–Trinajstić information content (AvgIpc) is 2.67. The fraction of sp³-hybridized carbons (Fsp3) is 0.278. The summed E-state index contributed by atoms with van der Waals surface area (Å²) in [5.41, 5.74) is 5.67. The molecule has 0 saturated heterocycles. The van der Waals surface area contributed by atoms with Gasteiger partial charge in [-0.15, -0.1) is 12.4 Å². The molecule has 28 heavy (non-hydrogen) atoms. The van der Waals surface area contributed by atoms with Crippen LogP contribution in [-0.4, -0.2) is 40.6 Å². The van der Waals surface area contributed by atoms with E-state index in [4.69, 9.17) is 15.2 Å². The minimum absolute atomic E-state index is 0. The molecule has 0 bridgehead atoms. The quantitative estimate of drug-likeness (QED) is 0.558. The number of carbonyl (C=O) groups is 1. The Kier molecular flexibility index (Phi) is 9.20. The molecule has 0 heterocycles. The molecular weight excluding hydrogens is 406 g/mol. The van der Waals surface area contributed by atoms with Crippen molar-refractivity contribution in [3.8, 4) is 11.5 Å². The Bertz CT molecular complexity index is 875. The highest BCUT2D eigenvalue weighted by Gasteiger charge is 2.17. The molecule has 0 radical (unpaired) electrons. The summed E-state index contributed by atoms with van der Waals surface area (Å²) in [4.78, 5) is 12.4. The van der Waals surface area contributed by atoms with Gasteiger partial charge in [0, 0.05) is 18.8 Å². The lowest BCUT2D eigenvalue weighted by Gasteiger charge is -2.15. The first kappa shape index (κ1) is 23.7. The molecule has 10 heteroatoms. The fourth-order valence-corrected chi connectivity index (χ4v) is 3.27. The number of hydrogen-bond acceptors (Lipinski definition) is 6. The largest absolute Gasteiger partial charge is 0.497 e. The fourth-order valence-electron chi connectivity index (χ4n) is 2.17. The third kappa shape index (κ3) is 6.68. The third-order valence-electron chi connectivity index (χ3n) is 3.59. The molecule has 0 aliphatic rings. The SMILES string of the molecule is COc1ccc(OC(C)C(=O)Nc2cccc(S(=O)(=O)NCCN)c2)cc1.Cl. The molecule has 1 atom stereocenters. The molecule has 4 N–H and O–H groups in total. The van der Waals surface area contributed by atoms with Gasteiger partial charge >= 0.3 is 0 Å². The van der Waals surface area contributed by atoms with E-state index in [1.54, 1.807) is 50.4 Å². The Morgan fingerprint density at radius 2 is 1.79 bits per heavy atom. The molecule has 1 unspecified atom stereocenters. The van der Waals surface area contributed by atoms with Crippen LogP contribution in [0.1, 0.15) is 6.92 Å². The van der Waals surface area contributed by atoms with Crippen LogP contribution < -0.4 is 25.2 Å². The second-order valence-corrected chi connectivity index (χ2v) is 7.41. The molecule has 2 rings (SSSR count). The van der Waals surface area contributed by atoms with Crippen LogP contribution in [0.3, 0.4) is 0 Å². The van der Waals surface area contributed by atoms with E-state index >= 15 is 0 Å². The molecule has 1 amide bonds. The highest BCUT2D eigenvalue weighted by Crippen LogP contribution is 2.19. The van der Waals surface area contributed by atoms with Gasteiger partial charge in [0.05, 0.1) is 12.0 Å². The van der Waals surface area contributed by atoms with Crippen LogP contribution in [-0.2, 0) is 14.8 Å². The predicted molar refractivity (Wildman–Crippen MR) is 110 cm³/mol. The Balaban J connectivity index is 0.00000392. The van der Waals surface area contributed by atoms with Crippen LogP contribution in [0.25, 0.3) is 0 Å². The second kappa shape index (κ2) is 10.9. The smallest absolute Gasteiger partial charge is 0.265 e. The van der Waals surface area contributed by atoms with Crippen LogP contribution >= 0.6 is 12.4 Å². The molecule has 8 nitrogen and oxygen atoms in total. The predicted octanol–water partition coefficient (Wildman–Crippen LogP) is 1.76. The lowest BCUT2D eigenvalue weighted by Crippen LogP contribution is -2.31. The summed E-state index contributed by atoms with van der Waals surface area (Å²) < 4.78 is 37.3. The number of anilines is 1. The zero-order valence-corrected chi connectivity index (χ0v) is 17.2. The number of methoxy groups -OCH3 is 1. The maximum absolute atomic E-state index is 12.3. The molecule has 2 aromatic rings. The number of nitrogens with one attached hydrogen (secondary N) is 2. The number of amides is 1. The number of carbonyl (C=O) groups excluding carboxylic acids is 1. The Morgan fingerprint density at radius 3 is 2.39 bits per heavy atom. The number of benzene rings is 2. The summed E-state index contributed by atoms with van der Waals surface area (Å²) in [7, 11) is -2.12. The summed E-state index contributed by atoms with van der Waals surface area (Å²) in [5, 5.41) is 2.65. The zero-order valence-electron chi connectivity index (χ0n) is 15.5. The van der Waals surface area contributed by atoms with E-state index in [0.717, 1.165) is 0 Å². The Hall–Kier alpha value is -2.33. The molecule has 0 spiro atoms. The van der Waals surface area contributed by atoms with Gasteiger partial charge in [0.1, 0.15) is 11.5 Å². The maximum Gasteiger partial charge on any atom is 0.265 e. The van der Waals surface area contributed by atoms with Gasteiger partial charge in [-0.05, 0) is 49.4 Å². The summed E-state index contributed by atoms with van der Waals surface area (Å²) in [6, 6.07) is 12.8. The number of ether oxygens (including phenoxy) is 2. The molecular formula is C18H24ClN3O5S. The maximum atomic E-state index is 12.3. The van der Waals surface area contributed by atoms with Gasteiger partial charge in [-0.25, -0.2) is 13.1 Å². The van der Waals surface area contributed by atoms with Crippen LogP contribution in [0, 0.1) is 0 Å². The van der Waals surface area contributed by atoms with E-state index < -0.39 is 22.0 Å². The van der Waals surface area contributed by atoms with Crippen molar-refractivity contribution < 1.29 is 22.7 Å². The molecule has 0 saturated carbocycles. The minimum atomic E-state index is -3.68. The highest BCUT2D eigenvalue weighted by atomic mass is 35.5. The molecule has 0 aromatic heterocycles. The van der Waals surface area contributed by atoms with Crippen molar-refractivity contribution in [3.63, 3.8) is 0 Å². The van der Waals surface area contributed by atoms with Gasteiger partial charge in [0.25, 0.3) is 5.91 Å². The first-order valence-electron chi connectivity index (χ1n) is 8.27. The van der Waals surface area contributed by atoms with Gasteiger partial charge in [0.15, 0.2) is 6.10 Å². The van der Waals surface area contributed by atoms with Crippen LogP contribution in [0.4, 0.5) is 5.69 Å². The first-order valence-corrected chi connectivity index (χ1v) is 9.75. The van der Waals surface area contributed by atoms with E-state index in [1.165, 1.54) is 12.1 Å². The van der Waals surface area contributed by atoms with E-state index in [2.05, 4.69) is 10.0 Å². The van der Waals surface area contributed by atoms with Gasteiger partial charge in [0.2, 0.25) is 10.0 Å². The normalized spacial score (nSPS) is 11.8. The van der Waals surface area contributed by atoms with Crippen molar-refractivity contribution in [2.24, 2.45) is 5.73 Å². The van der Waals surface area contributed by atoms with Crippen molar-refractivity contribution in [1.82, 2.24) is 4.72 Å². The third-order valence-corrected chi connectivity index (χ3v) is 5.05. The van der Waals surface area contributed by atoms with Crippen molar-refractivity contribution in [1.29, 1.82) is 0 Å². The zero-order chi connectivity index (χ0) is 19.9. The van der Waals surface area contributed by atoms with E-state index in [0.29, 0.717) is 17.2 Å². The highest BCUT2D eigenvalue weighted by molar-refractivity contribution is 7.89. The van der Waals surface area contributed by atoms with Gasteiger partial charge < -0.3 is 20.5 Å². The summed E-state index contributed by atoms with van der Waals surface area (Å²) in [6.45, 7) is 1.92. The lowest BCUT2D eigenvalue weighted by atomic mass is 10.3. The van der Waals surface area contributed by atoms with Crippen molar-refractivity contribution in [2.45, 2.75) is 17.9 Å². The van der Waals surface area contributed by atoms with Crippen molar-refractivity contribution >= 4 is 34.0 Å². The molecule has 0 fully saturated rings. The van der Waals surface area contributed by atoms with Gasteiger partial charge in [-0.1, -0.05) is 6.07 Å². The number of nitrogens with two attached hydrogens (primary N) is 1. The monoisotopic (exact) mass is 429 g/mol. The first-order chi connectivity index (χ1) is 12.9. The second-order valence-electron chi connectivity index (χ2n) is 5.64. The number of sulfonamides is 1. The topological polar surface area (TPSA) is 120 Å². The van der Waals surface area contributed by atoms with Crippen LogP contribution in [0.15, 0.2) is 53.4 Å². The van der Waals surface area contributed by atoms with E-state index in [1.807, 2.05) is 0 Å². The number of hydrogen-bond donors (Lipinski definition) is 3. The van der Waals surface area contributed by atoms with Crippen LogP contribution in [0.2, 0.25) is 0 Å². The van der Waals surface area contributed by atoms with Crippen molar-refractivity contribution in [3.05, 3.63) is 48.5 Å². The lowest BCUT2D eigenvalue weighted by molar-refractivity contribution is -0.122. The summed E-state index contributed by atoms with van der Waals surface area (Å²) in [6.07, 6.45) is -0.783. The number of rotatable bonds is 9. The van der Waals surface area contributed by atoms with Gasteiger partial charge in [-0.2, -0.15) is 0 Å². The van der Waals surface area contributed by atoms with Crippen LogP contribution in [0.5, 0.6) is 11.5 Å². The average molecular weight is 430 g/mol. The molecule has 0 aliphatic heterocycles. The van der Waals surface area contributed by atoms with E-state index in [9.17, 15) is 13.2 Å². The van der Waals surface area contributed by atoms with Gasteiger partial charge in [-0.3, -0.25) is 4.79 Å². The summed E-state index contributed by atoms with van der Waals surface area (Å²) in [5.74, 6) is 0.789. The Morgan fingerprint density at radius 1 is 1.14 bits per heavy atom. The minimum Gasteiger partial charge on any atom is -0.497 e. The number of halogens is 1. The Labute approximate surface area is 170 Å². The molecule has 154 valence electrons. The van der Waals surface area contributed by atoms with E-state index in [-0.39, 0.29) is 30.4 Å². The molecule has 0 aliphatic carbocycles.